The molecule has 0 spiro atoms. The fourth-order valence-electron chi connectivity index (χ4n) is 3.17. The number of benzene rings is 2. The Morgan fingerprint density at radius 2 is 1.74 bits per heavy atom. The molecule has 0 bridgehead atoms. The number of rotatable bonds is 4. The summed E-state index contributed by atoms with van der Waals surface area (Å²) in [5.74, 6) is 1.43. The average Bonchev–Trinajstić information content (AvgIpc) is 2.85. The van der Waals surface area contributed by atoms with Crippen LogP contribution in [-0.4, -0.2) is 13.2 Å². The molecule has 1 aliphatic carbocycles. The predicted molar refractivity (Wildman–Crippen MR) is 90.7 cm³/mol. The number of hydrogen-bond acceptors (Lipinski definition) is 2. The van der Waals surface area contributed by atoms with Crippen LogP contribution in [0.2, 0.25) is 0 Å². The van der Waals surface area contributed by atoms with E-state index in [2.05, 4.69) is 19.1 Å². The second-order valence-electron chi connectivity index (χ2n) is 6.14. The van der Waals surface area contributed by atoms with Crippen molar-refractivity contribution in [2.45, 2.75) is 32.8 Å². The Labute approximate surface area is 136 Å². The Morgan fingerprint density at radius 1 is 1.04 bits per heavy atom. The van der Waals surface area contributed by atoms with Gasteiger partial charge >= 0.3 is 0 Å². The van der Waals surface area contributed by atoms with Crippen molar-refractivity contribution in [2.24, 2.45) is 0 Å². The predicted octanol–water partition coefficient (Wildman–Crippen LogP) is 5.17. The second kappa shape index (κ2) is 6.07. The van der Waals surface area contributed by atoms with Crippen LogP contribution in [0.1, 0.15) is 43.4 Å². The van der Waals surface area contributed by atoms with Crippen LogP contribution in [0.3, 0.4) is 0 Å². The van der Waals surface area contributed by atoms with Gasteiger partial charge in [0.25, 0.3) is 0 Å². The largest absolute Gasteiger partial charge is 0.493 e. The number of allylic oxidation sites excluding steroid dienone is 1. The van der Waals surface area contributed by atoms with Crippen molar-refractivity contribution in [1.29, 1.82) is 0 Å². The molecule has 0 aromatic heterocycles. The molecule has 3 rings (SSSR count). The maximum Gasteiger partial charge on any atom is 0.169 e. The van der Waals surface area contributed by atoms with E-state index in [0.717, 1.165) is 22.6 Å². The third-order valence-corrected chi connectivity index (χ3v) is 4.11. The highest BCUT2D eigenvalue weighted by Gasteiger charge is 2.28. The first-order chi connectivity index (χ1) is 11.0. The smallest absolute Gasteiger partial charge is 0.169 e. The zero-order chi connectivity index (χ0) is 16.6. The number of hydrogen-bond donors (Lipinski definition) is 0. The molecule has 0 saturated carbocycles. The summed E-state index contributed by atoms with van der Waals surface area (Å²) in [7, 11) is 1.65. The van der Waals surface area contributed by atoms with Gasteiger partial charge in [0.2, 0.25) is 0 Å². The molecular weight excluding hydrogens is 291 g/mol. The second-order valence-corrected chi connectivity index (χ2v) is 6.14. The van der Waals surface area contributed by atoms with Crippen molar-refractivity contribution < 1.29 is 13.9 Å². The summed E-state index contributed by atoms with van der Waals surface area (Å²) in [4.78, 5) is 0. The molecule has 0 fully saturated rings. The van der Waals surface area contributed by atoms with Crippen molar-refractivity contribution in [1.82, 2.24) is 0 Å². The van der Waals surface area contributed by atoms with Gasteiger partial charge in [-0.05, 0) is 50.1 Å². The molecule has 0 N–H and O–H groups in total. The van der Waals surface area contributed by atoms with E-state index < -0.39 is 0 Å². The number of halogens is 1. The topological polar surface area (TPSA) is 18.5 Å². The summed E-state index contributed by atoms with van der Waals surface area (Å²) in [6.45, 7) is 6.10. The SMILES string of the molecule is COc1ccc2c(c1OC(C)C)C=C(C)[C@H]2c1ccc(F)cc1. The number of ether oxygens (including phenoxy) is 2. The summed E-state index contributed by atoms with van der Waals surface area (Å²) < 4.78 is 24.7. The van der Waals surface area contributed by atoms with E-state index in [1.54, 1.807) is 7.11 Å². The van der Waals surface area contributed by atoms with E-state index in [0.29, 0.717) is 0 Å². The lowest BCUT2D eigenvalue weighted by Gasteiger charge is -2.19. The summed E-state index contributed by atoms with van der Waals surface area (Å²) >= 11 is 0. The number of fused-ring (bicyclic) bond motifs is 1. The lowest BCUT2D eigenvalue weighted by molar-refractivity contribution is 0.229. The van der Waals surface area contributed by atoms with Crippen LogP contribution in [-0.2, 0) is 0 Å². The monoisotopic (exact) mass is 312 g/mol. The van der Waals surface area contributed by atoms with Gasteiger partial charge in [0.1, 0.15) is 5.82 Å². The van der Waals surface area contributed by atoms with Gasteiger partial charge in [0.15, 0.2) is 11.5 Å². The van der Waals surface area contributed by atoms with E-state index in [9.17, 15) is 4.39 Å². The van der Waals surface area contributed by atoms with Crippen LogP contribution < -0.4 is 9.47 Å². The fourth-order valence-corrected chi connectivity index (χ4v) is 3.17. The minimum Gasteiger partial charge on any atom is -0.493 e. The van der Waals surface area contributed by atoms with Crippen molar-refractivity contribution in [3.05, 3.63) is 64.5 Å². The minimum absolute atomic E-state index is 0.0639. The van der Waals surface area contributed by atoms with Crippen molar-refractivity contribution >= 4 is 6.08 Å². The van der Waals surface area contributed by atoms with Crippen molar-refractivity contribution in [3.8, 4) is 11.5 Å². The van der Waals surface area contributed by atoms with E-state index in [-0.39, 0.29) is 17.8 Å². The van der Waals surface area contributed by atoms with Gasteiger partial charge in [-0.1, -0.05) is 29.8 Å². The van der Waals surface area contributed by atoms with Gasteiger partial charge < -0.3 is 9.47 Å². The molecule has 0 unspecified atom stereocenters. The summed E-state index contributed by atoms with van der Waals surface area (Å²) in [5.41, 5.74) is 4.53. The highest BCUT2D eigenvalue weighted by Crippen LogP contribution is 2.47. The molecular formula is C20H21FO2. The van der Waals surface area contributed by atoms with Gasteiger partial charge in [-0.3, -0.25) is 0 Å². The first-order valence-corrected chi connectivity index (χ1v) is 7.82. The molecule has 1 atom stereocenters. The molecule has 0 heterocycles. The quantitative estimate of drug-likeness (QED) is 0.775. The standard InChI is InChI=1S/C20H21FO2/c1-12(2)23-20-17-11-13(3)19(14-5-7-15(21)8-6-14)16(17)9-10-18(20)22-4/h5-12,19H,1-4H3/t19-/m0/s1. The molecule has 0 amide bonds. The van der Waals surface area contributed by atoms with Crippen LogP contribution >= 0.6 is 0 Å². The molecule has 0 radical (unpaired) electrons. The van der Waals surface area contributed by atoms with Crippen LogP contribution in [0, 0.1) is 5.82 Å². The first-order valence-electron chi connectivity index (χ1n) is 7.82. The third-order valence-electron chi connectivity index (χ3n) is 4.11. The third kappa shape index (κ3) is 2.83. The number of methoxy groups -OCH3 is 1. The zero-order valence-corrected chi connectivity index (χ0v) is 13.9. The fraction of sp³-hybridized carbons (Fsp3) is 0.300. The van der Waals surface area contributed by atoms with E-state index in [1.165, 1.54) is 23.3 Å². The van der Waals surface area contributed by atoms with E-state index in [1.807, 2.05) is 32.0 Å². The maximum atomic E-state index is 13.2. The van der Waals surface area contributed by atoms with E-state index in [4.69, 9.17) is 9.47 Å². The highest BCUT2D eigenvalue weighted by atomic mass is 19.1. The van der Waals surface area contributed by atoms with Crippen LogP contribution in [0.15, 0.2) is 42.0 Å². The van der Waals surface area contributed by atoms with Crippen LogP contribution in [0.5, 0.6) is 11.5 Å². The molecule has 1 aliphatic rings. The summed E-state index contributed by atoms with van der Waals surface area (Å²) in [5, 5.41) is 0. The first kappa shape index (κ1) is 15.6. The molecule has 120 valence electrons. The molecule has 2 nitrogen and oxygen atoms in total. The Morgan fingerprint density at radius 3 is 2.35 bits per heavy atom. The minimum atomic E-state index is -0.216. The molecule has 2 aromatic carbocycles. The molecule has 0 saturated heterocycles. The normalized spacial score (nSPS) is 16.3. The van der Waals surface area contributed by atoms with Gasteiger partial charge in [-0.2, -0.15) is 0 Å². The summed E-state index contributed by atoms with van der Waals surface area (Å²) in [6.07, 6.45) is 2.21. The molecule has 2 aromatic rings. The van der Waals surface area contributed by atoms with Crippen molar-refractivity contribution in [3.63, 3.8) is 0 Å². The maximum absolute atomic E-state index is 13.2. The van der Waals surface area contributed by atoms with Gasteiger partial charge in [0.05, 0.1) is 13.2 Å². The Bertz CT molecular complexity index is 745. The zero-order valence-electron chi connectivity index (χ0n) is 13.9. The molecule has 3 heteroatoms. The van der Waals surface area contributed by atoms with Gasteiger partial charge in [-0.15, -0.1) is 0 Å². The van der Waals surface area contributed by atoms with Gasteiger partial charge in [-0.25, -0.2) is 4.39 Å². The van der Waals surface area contributed by atoms with Gasteiger partial charge in [0, 0.05) is 11.5 Å². The molecule has 23 heavy (non-hydrogen) atoms. The average molecular weight is 312 g/mol. The lowest BCUT2D eigenvalue weighted by Crippen LogP contribution is -2.09. The van der Waals surface area contributed by atoms with Crippen LogP contribution in [0.25, 0.3) is 6.08 Å². The Kier molecular flexibility index (Phi) is 4.12. The van der Waals surface area contributed by atoms with E-state index >= 15 is 0 Å². The van der Waals surface area contributed by atoms with Crippen molar-refractivity contribution in [2.75, 3.05) is 7.11 Å². The Balaban J connectivity index is 2.11. The summed E-state index contributed by atoms with van der Waals surface area (Å²) in [6, 6.07) is 10.7. The van der Waals surface area contributed by atoms with Crippen LogP contribution in [0.4, 0.5) is 4.39 Å². The molecule has 0 aliphatic heterocycles. The highest BCUT2D eigenvalue weighted by molar-refractivity contribution is 5.75. The Hall–Kier alpha value is -2.29. The lowest BCUT2D eigenvalue weighted by atomic mass is 9.89.